The van der Waals surface area contributed by atoms with Crippen LogP contribution >= 0.6 is 0 Å². The lowest BCUT2D eigenvalue weighted by atomic mass is 10.2. The molecule has 0 radical (unpaired) electrons. The molecule has 2 aromatic carbocycles. The van der Waals surface area contributed by atoms with Gasteiger partial charge in [0.2, 0.25) is 5.95 Å². The lowest BCUT2D eigenvalue weighted by Gasteiger charge is -2.15. The maximum absolute atomic E-state index is 12.5. The molecule has 1 heterocycles. The Morgan fingerprint density at radius 1 is 1.03 bits per heavy atom. The Labute approximate surface area is 170 Å². The second-order valence-corrected chi connectivity index (χ2v) is 6.55. The predicted molar refractivity (Wildman–Crippen MR) is 112 cm³/mol. The first-order chi connectivity index (χ1) is 14.1. The average Bonchev–Trinajstić information content (AvgIpc) is 2.73. The summed E-state index contributed by atoms with van der Waals surface area (Å²) in [5.74, 6) is 1.43. The quantitative estimate of drug-likeness (QED) is 0.604. The highest BCUT2D eigenvalue weighted by atomic mass is 16.5. The van der Waals surface area contributed by atoms with Crippen molar-refractivity contribution in [3.63, 3.8) is 0 Å². The number of hydrogen-bond acceptors (Lipinski definition) is 6. The van der Waals surface area contributed by atoms with Gasteiger partial charge in [-0.15, -0.1) is 0 Å². The molecule has 7 heteroatoms. The first kappa shape index (κ1) is 20.1. The SMILES string of the molecule is COc1ccccc1CNC(=O)c1ccnc(Nc2ccccc2OC(C)C)n1. The second-order valence-electron chi connectivity index (χ2n) is 6.55. The maximum Gasteiger partial charge on any atom is 0.270 e. The molecule has 0 aliphatic carbocycles. The zero-order chi connectivity index (χ0) is 20.6. The molecule has 0 spiro atoms. The molecule has 0 saturated heterocycles. The molecule has 1 amide bonds. The number of benzene rings is 2. The van der Waals surface area contributed by atoms with E-state index >= 15 is 0 Å². The monoisotopic (exact) mass is 392 g/mol. The number of nitrogens with zero attached hydrogens (tertiary/aromatic N) is 2. The standard InChI is InChI=1S/C22H24N4O3/c1-15(2)29-20-11-7-5-9-17(20)25-22-23-13-12-18(26-22)21(27)24-14-16-8-4-6-10-19(16)28-3/h4-13,15H,14H2,1-3H3,(H,24,27)(H,23,25,26). The number of para-hydroxylation sites is 3. The zero-order valence-electron chi connectivity index (χ0n) is 16.7. The highest BCUT2D eigenvalue weighted by Crippen LogP contribution is 2.27. The van der Waals surface area contributed by atoms with Gasteiger partial charge in [-0.2, -0.15) is 0 Å². The number of carbonyl (C=O) groups is 1. The largest absolute Gasteiger partial charge is 0.496 e. The number of carbonyl (C=O) groups excluding carboxylic acids is 1. The van der Waals surface area contributed by atoms with Gasteiger partial charge >= 0.3 is 0 Å². The van der Waals surface area contributed by atoms with E-state index in [1.54, 1.807) is 19.4 Å². The minimum absolute atomic E-state index is 0.0333. The van der Waals surface area contributed by atoms with Gasteiger partial charge in [0.1, 0.15) is 17.2 Å². The Kier molecular flexibility index (Phi) is 6.63. The van der Waals surface area contributed by atoms with Crippen LogP contribution in [0, 0.1) is 0 Å². The van der Waals surface area contributed by atoms with Crippen LogP contribution in [0.15, 0.2) is 60.8 Å². The molecule has 1 aromatic heterocycles. The Bertz CT molecular complexity index is 976. The molecule has 0 fully saturated rings. The lowest BCUT2D eigenvalue weighted by molar-refractivity contribution is 0.0945. The van der Waals surface area contributed by atoms with Gasteiger partial charge in [0.05, 0.1) is 18.9 Å². The Balaban J connectivity index is 1.70. The van der Waals surface area contributed by atoms with Crippen LogP contribution in [-0.2, 0) is 6.54 Å². The van der Waals surface area contributed by atoms with Crippen LogP contribution in [0.1, 0.15) is 29.9 Å². The third-order valence-electron chi connectivity index (χ3n) is 4.02. The van der Waals surface area contributed by atoms with Crippen LogP contribution < -0.4 is 20.1 Å². The van der Waals surface area contributed by atoms with E-state index in [-0.39, 0.29) is 17.7 Å². The molecular formula is C22H24N4O3. The molecule has 0 bridgehead atoms. The van der Waals surface area contributed by atoms with Crippen molar-refractivity contribution in [1.82, 2.24) is 15.3 Å². The van der Waals surface area contributed by atoms with E-state index in [0.717, 1.165) is 17.0 Å². The van der Waals surface area contributed by atoms with E-state index in [9.17, 15) is 4.79 Å². The Hall–Kier alpha value is -3.61. The molecule has 0 aliphatic rings. The minimum atomic E-state index is -0.298. The highest BCUT2D eigenvalue weighted by molar-refractivity contribution is 5.92. The van der Waals surface area contributed by atoms with E-state index in [2.05, 4.69) is 20.6 Å². The van der Waals surface area contributed by atoms with E-state index in [0.29, 0.717) is 18.2 Å². The molecule has 0 saturated carbocycles. The first-order valence-corrected chi connectivity index (χ1v) is 9.32. The van der Waals surface area contributed by atoms with E-state index < -0.39 is 0 Å². The molecule has 7 nitrogen and oxygen atoms in total. The number of anilines is 2. The predicted octanol–water partition coefficient (Wildman–Crippen LogP) is 3.95. The van der Waals surface area contributed by atoms with Crippen LogP contribution in [-0.4, -0.2) is 29.1 Å². The Morgan fingerprint density at radius 3 is 2.52 bits per heavy atom. The second kappa shape index (κ2) is 9.54. The zero-order valence-corrected chi connectivity index (χ0v) is 16.7. The van der Waals surface area contributed by atoms with Crippen molar-refractivity contribution in [3.8, 4) is 11.5 Å². The number of methoxy groups -OCH3 is 1. The third kappa shape index (κ3) is 5.44. The molecular weight excluding hydrogens is 368 g/mol. The molecule has 150 valence electrons. The van der Waals surface area contributed by atoms with Gasteiger partial charge in [-0.25, -0.2) is 9.97 Å². The van der Waals surface area contributed by atoms with Crippen molar-refractivity contribution in [2.45, 2.75) is 26.5 Å². The molecule has 0 unspecified atom stereocenters. The van der Waals surface area contributed by atoms with Crippen LogP contribution in [0.3, 0.4) is 0 Å². The van der Waals surface area contributed by atoms with Gasteiger partial charge in [-0.05, 0) is 38.1 Å². The maximum atomic E-state index is 12.5. The average molecular weight is 392 g/mol. The lowest BCUT2D eigenvalue weighted by Crippen LogP contribution is -2.24. The number of hydrogen-bond donors (Lipinski definition) is 2. The summed E-state index contributed by atoms with van der Waals surface area (Å²) in [4.78, 5) is 21.1. The van der Waals surface area contributed by atoms with Crippen LogP contribution in [0.4, 0.5) is 11.6 Å². The summed E-state index contributed by atoms with van der Waals surface area (Å²) >= 11 is 0. The highest BCUT2D eigenvalue weighted by Gasteiger charge is 2.12. The van der Waals surface area contributed by atoms with Gasteiger partial charge in [0.25, 0.3) is 5.91 Å². The van der Waals surface area contributed by atoms with Crippen LogP contribution in [0.2, 0.25) is 0 Å². The summed E-state index contributed by atoms with van der Waals surface area (Å²) in [5.41, 5.74) is 1.88. The van der Waals surface area contributed by atoms with Gasteiger partial charge in [-0.3, -0.25) is 4.79 Å². The van der Waals surface area contributed by atoms with Gasteiger partial charge < -0.3 is 20.1 Å². The van der Waals surface area contributed by atoms with Gasteiger partial charge in [-0.1, -0.05) is 30.3 Å². The first-order valence-electron chi connectivity index (χ1n) is 9.32. The van der Waals surface area contributed by atoms with Gasteiger partial charge in [0, 0.05) is 18.3 Å². The minimum Gasteiger partial charge on any atom is -0.496 e. The van der Waals surface area contributed by atoms with Crippen molar-refractivity contribution < 1.29 is 14.3 Å². The molecule has 0 atom stereocenters. The summed E-state index contributed by atoms with van der Waals surface area (Å²) in [6, 6.07) is 16.6. The van der Waals surface area contributed by atoms with Crippen molar-refractivity contribution in [3.05, 3.63) is 72.1 Å². The van der Waals surface area contributed by atoms with Gasteiger partial charge in [0.15, 0.2) is 0 Å². The molecule has 2 N–H and O–H groups in total. The molecule has 3 rings (SSSR count). The fraction of sp³-hybridized carbons (Fsp3) is 0.227. The summed E-state index contributed by atoms with van der Waals surface area (Å²) in [7, 11) is 1.60. The topological polar surface area (TPSA) is 85.4 Å². The van der Waals surface area contributed by atoms with E-state index in [1.807, 2.05) is 62.4 Å². The fourth-order valence-electron chi connectivity index (χ4n) is 2.71. The molecule has 29 heavy (non-hydrogen) atoms. The van der Waals surface area contributed by atoms with E-state index in [4.69, 9.17) is 9.47 Å². The molecule has 3 aromatic rings. The van der Waals surface area contributed by atoms with Crippen molar-refractivity contribution in [1.29, 1.82) is 0 Å². The van der Waals surface area contributed by atoms with Crippen LogP contribution in [0.25, 0.3) is 0 Å². The van der Waals surface area contributed by atoms with Crippen molar-refractivity contribution in [2.24, 2.45) is 0 Å². The number of rotatable bonds is 8. The smallest absolute Gasteiger partial charge is 0.270 e. The number of aromatic nitrogens is 2. The number of amides is 1. The third-order valence-corrected chi connectivity index (χ3v) is 4.02. The fourth-order valence-corrected chi connectivity index (χ4v) is 2.71. The number of nitrogens with one attached hydrogen (secondary N) is 2. The van der Waals surface area contributed by atoms with E-state index in [1.165, 1.54) is 0 Å². The normalized spacial score (nSPS) is 10.5. The number of ether oxygens (including phenoxy) is 2. The Morgan fingerprint density at radius 2 is 1.76 bits per heavy atom. The summed E-state index contributed by atoms with van der Waals surface area (Å²) in [6.45, 7) is 4.25. The van der Waals surface area contributed by atoms with Crippen LogP contribution in [0.5, 0.6) is 11.5 Å². The summed E-state index contributed by atoms with van der Waals surface area (Å²) < 4.78 is 11.1. The summed E-state index contributed by atoms with van der Waals surface area (Å²) in [5, 5.41) is 5.97. The van der Waals surface area contributed by atoms with Crippen molar-refractivity contribution >= 4 is 17.5 Å². The molecule has 0 aliphatic heterocycles. The van der Waals surface area contributed by atoms with Crippen molar-refractivity contribution in [2.75, 3.05) is 12.4 Å². The summed E-state index contributed by atoms with van der Waals surface area (Å²) in [6.07, 6.45) is 1.57.